The van der Waals surface area contributed by atoms with E-state index in [1.54, 1.807) is 0 Å². The minimum atomic E-state index is 0.271. The molecule has 0 unspecified atom stereocenters. The third kappa shape index (κ3) is 3.55. The van der Waals surface area contributed by atoms with Gasteiger partial charge in [0.15, 0.2) is 0 Å². The van der Waals surface area contributed by atoms with Crippen LogP contribution in [0.5, 0.6) is 0 Å². The highest BCUT2D eigenvalue weighted by atomic mass is 16.2. The number of carbonyl (C=O) groups excluding carboxylic acids is 1. The van der Waals surface area contributed by atoms with E-state index in [1.165, 1.54) is 51.4 Å². The molecule has 0 spiro atoms. The highest BCUT2D eigenvalue weighted by Crippen LogP contribution is 2.34. The van der Waals surface area contributed by atoms with Crippen molar-refractivity contribution in [1.29, 1.82) is 0 Å². The Kier molecular flexibility index (Phi) is 4.65. The summed E-state index contributed by atoms with van der Waals surface area (Å²) < 4.78 is 0. The summed E-state index contributed by atoms with van der Waals surface area (Å²) in [6.07, 6.45) is 13.3. The van der Waals surface area contributed by atoms with Gasteiger partial charge in [-0.15, -0.1) is 0 Å². The van der Waals surface area contributed by atoms with Crippen LogP contribution in [0.15, 0.2) is 0 Å². The van der Waals surface area contributed by atoms with Gasteiger partial charge in [-0.3, -0.25) is 4.79 Å². The summed E-state index contributed by atoms with van der Waals surface area (Å²) in [6.45, 7) is 1.03. The first-order valence-electron chi connectivity index (χ1n) is 8.79. The molecule has 3 heteroatoms. The van der Waals surface area contributed by atoms with Crippen LogP contribution in [0.25, 0.3) is 0 Å². The predicted octanol–water partition coefficient (Wildman–Crippen LogP) is 3.08. The maximum absolute atomic E-state index is 12.8. The van der Waals surface area contributed by atoms with Crippen LogP contribution in [0.4, 0.5) is 0 Å². The van der Waals surface area contributed by atoms with Crippen LogP contribution < -0.4 is 5.73 Å². The summed E-state index contributed by atoms with van der Waals surface area (Å²) in [5, 5.41) is 0. The van der Waals surface area contributed by atoms with Gasteiger partial charge in [0.1, 0.15) is 0 Å². The van der Waals surface area contributed by atoms with Crippen LogP contribution in [0.1, 0.15) is 70.6 Å². The van der Waals surface area contributed by atoms with E-state index in [2.05, 4.69) is 4.90 Å². The zero-order chi connectivity index (χ0) is 13.9. The molecule has 2 atom stereocenters. The number of hydrogen-bond acceptors (Lipinski definition) is 2. The Bertz CT molecular complexity index is 334. The summed E-state index contributed by atoms with van der Waals surface area (Å²) in [6, 6.07) is 0.808. The molecule has 3 aliphatic carbocycles. The summed E-state index contributed by atoms with van der Waals surface area (Å²) in [7, 11) is 0. The second-order valence-corrected chi connectivity index (χ2v) is 7.34. The van der Waals surface area contributed by atoms with E-state index in [1.807, 2.05) is 0 Å². The van der Waals surface area contributed by atoms with E-state index in [4.69, 9.17) is 5.73 Å². The lowest BCUT2D eigenvalue weighted by Gasteiger charge is -2.35. The van der Waals surface area contributed by atoms with Gasteiger partial charge in [0.05, 0.1) is 0 Å². The quantitative estimate of drug-likeness (QED) is 0.840. The Morgan fingerprint density at radius 1 is 0.950 bits per heavy atom. The van der Waals surface area contributed by atoms with Crippen LogP contribution >= 0.6 is 0 Å². The molecule has 0 aliphatic heterocycles. The Morgan fingerprint density at radius 3 is 2.30 bits per heavy atom. The number of nitrogens with zero attached hydrogens (tertiary/aromatic N) is 1. The highest BCUT2D eigenvalue weighted by molar-refractivity contribution is 5.77. The van der Waals surface area contributed by atoms with Gasteiger partial charge in [0.2, 0.25) is 5.91 Å². The van der Waals surface area contributed by atoms with E-state index >= 15 is 0 Å². The maximum atomic E-state index is 12.8. The minimum Gasteiger partial charge on any atom is -0.339 e. The second kappa shape index (κ2) is 6.46. The first kappa shape index (κ1) is 14.4. The van der Waals surface area contributed by atoms with Gasteiger partial charge in [-0.25, -0.2) is 0 Å². The topological polar surface area (TPSA) is 46.3 Å². The van der Waals surface area contributed by atoms with Gasteiger partial charge in [-0.1, -0.05) is 25.7 Å². The first-order valence-corrected chi connectivity index (χ1v) is 8.79. The van der Waals surface area contributed by atoms with Gasteiger partial charge in [-0.2, -0.15) is 0 Å². The molecule has 0 radical (unpaired) electrons. The molecule has 0 saturated heterocycles. The second-order valence-electron chi connectivity index (χ2n) is 7.34. The zero-order valence-electron chi connectivity index (χ0n) is 12.7. The molecule has 0 heterocycles. The molecule has 3 aliphatic rings. The van der Waals surface area contributed by atoms with Crippen molar-refractivity contribution >= 4 is 5.91 Å². The molecule has 0 aromatic rings. The normalized spacial score (nSPS) is 31.4. The van der Waals surface area contributed by atoms with Crippen molar-refractivity contribution in [3.63, 3.8) is 0 Å². The molecule has 0 aromatic heterocycles. The van der Waals surface area contributed by atoms with Crippen molar-refractivity contribution in [2.24, 2.45) is 17.6 Å². The fraction of sp³-hybridized carbons (Fsp3) is 0.941. The largest absolute Gasteiger partial charge is 0.339 e. The van der Waals surface area contributed by atoms with Gasteiger partial charge in [0.25, 0.3) is 0 Å². The predicted molar refractivity (Wildman–Crippen MR) is 81.2 cm³/mol. The van der Waals surface area contributed by atoms with Crippen molar-refractivity contribution < 1.29 is 4.79 Å². The third-order valence-corrected chi connectivity index (χ3v) is 5.64. The Labute approximate surface area is 123 Å². The fourth-order valence-corrected chi connectivity index (χ4v) is 4.09. The average molecular weight is 278 g/mol. The zero-order valence-corrected chi connectivity index (χ0v) is 12.7. The molecule has 1 amide bonds. The molecule has 0 bridgehead atoms. The number of amides is 1. The van der Waals surface area contributed by atoms with Crippen molar-refractivity contribution in [2.45, 2.75) is 82.7 Å². The number of hydrogen-bond donors (Lipinski definition) is 1. The third-order valence-electron chi connectivity index (χ3n) is 5.64. The molecule has 3 rings (SSSR count). The summed E-state index contributed by atoms with van der Waals surface area (Å²) in [5.41, 5.74) is 6.15. The monoisotopic (exact) mass is 278 g/mol. The summed E-state index contributed by atoms with van der Waals surface area (Å²) in [5.74, 6) is 1.66. The highest BCUT2D eigenvalue weighted by Gasteiger charge is 2.34. The molecular weight excluding hydrogens is 248 g/mol. The van der Waals surface area contributed by atoms with Crippen LogP contribution in [-0.2, 0) is 4.79 Å². The molecule has 114 valence electrons. The number of rotatable bonds is 5. The van der Waals surface area contributed by atoms with E-state index < -0.39 is 0 Å². The average Bonchev–Trinajstić information content (AvgIpc) is 3.20. The smallest absolute Gasteiger partial charge is 0.223 e. The van der Waals surface area contributed by atoms with E-state index in [-0.39, 0.29) is 6.04 Å². The molecule has 2 N–H and O–H groups in total. The lowest BCUT2D eigenvalue weighted by Crippen LogP contribution is -2.44. The van der Waals surface area contributed by atoms with Gasteiger partial charge in [-0.05, 0) is 50.4 Å². The van der Waals surface area contributed by atoms with E-state index in [0.29, 0.717) is 24.3 Å². The first-order chi connectivity index (χ1) is 9.74. The molecule has 3 fully saturated rings. The van der Waals surface area contributed by atoms with Crippen molar-refractivity contribution in [1.82, 2.24) is 4.90 Å². The van der Waals surface area contributed by atoms with Crippen LogP contribution in [0, 0.1) is 11.8 Å². The lowest BCUT2D eigenvalue weighted by molar-refractivity contribution is -0.135. The number of carbonyl (C=O) groups is 1. The minimum absolute atomic E-state index is 0.271. The SMILES string of the molecule is N[C@@H]1CCC[C@H]1CC(=O)N(CC1CC1)C1CCCCC1. The molecular formula is C17H30N2O. The standard InChI is InChI=1S/C17H30N2O/c18-16-8-4-5-14(16)11-17(20)19(12-13-9-10-13)15-6-2-1-3-7-15/h13-16H,1-12,18H2/t14-,16+/m0/s1. The van der Waals surface area contributed by atoms with Crippen LogP contribution in [0.3, 0.4) is 0 Å². The molecule has 3 nitrogen and oxygen atoms in total. The van der Waals surface area contributed by atoms with E-state index in [0.717, 1.165) is 25.3 Å². The Morgan fingerprint density at radius 2 is 1.70 bits per heavy atom. The Hall–Kier alpha value is -0.570. The fourth-order valence-electron chi connectivity index (χ4n) is 4.09. The van der Waals surface area contributed by atoms with Crippen molar-refractivity contribution in [3.8, 4) is 0 Å². The Balaban J connectivity index is 1.59. The van der Waals surface area contributed by atoms with Crippen molar-refractivity contribution in [3.05, 3.63) is 0 Å². The van der Waals surface area contributed by atoms with Crippen LogP contribution in [0.2, 0.25) is 0 Å². The molecule has 0 aromatic carbocycles. The molecule has 20 heavy (non-hydrogen) atoms. The summed E-state index contributed by atoms with van der Waals surface area (Å²) >= 11 is 0. The van der Waals surface area contributed by atoms with E-state index in [9.17, 15) is 4.79 Å². The van der Waals surface area contributed by atoms with Gasteiger partial charge < -0.3 is 10.6 Å². The van der Waals surface area contributed by atoms with Crippen molar-refractivity contribution in [2.75, 3.05) is 6.54 Å². The van der Waals surface area contributed by atoms with Gasteiger partial charge >= 0.3 is 0 Å². The number of nitrogens with two attached hydrogens (primary N) is 1. The van der Waals surface area contributed by atoms with Crippen LogP contribution in [-0.4, -0.2) is 29.4 Å². The molecule has 3 saturated carbocycles. The summed E-state index contributed by atoms with van der Waals surface area (Å²) in [4.78, 5) is 15.0. The van der Waals surface area contributed by atoms with Gasteiger partial charge in [0, 0.05) is 25.0 Å². The lowest BCUT2D eigenvalue weighted by atomic mass is 9.92. The maximum Gasteiger partial charge on any atom is 0.223 e.